The van der Waals surface area contributed by atoms with Crippen LogP contribution in [0, 0.1) is 0 Å². The summed E-state index contributed by atoms with van der Waals surface area (Å²) < 4.78 is 53.7. The average molecular weight is 492 g/mol. The number of halogens is 3. The van der Waals surface area contributed by atoms with Crippen molar-refractivity contribution >= 4 is 11.6 Å². The maximum atomic E-state index is 14.1. The highest BCUT2D eigenvalue weighted by atomic mass is 19.4. The maximum absolute atomic E-state index is 14.1. The van der Waals surface area contributed by atoms with Gasteiger partial charge in [0.05, 0.1) is 12.2 Å². The van der Waals surface area contributed by atoms with E-state index in [1.165, 1.54) is 5.01 Å². The lowest BCUT2D eigenvalue weighted by atomic mass is 10.1. The number of rotatable bonds is 9. The minimum Gasteiger partial charge on any atom is -0.486 e. The first-order valence-electron chi connectivity index (χ1n) is 11.3. The summed E-state index contributed by atoms with van der Waals surface area (Å²) in [6.45, 7) is 2.46. The number of carbonyl (C=O) groups excluding carboxylic acids is 1. The number of amides is 1. The van der Waals surface area contributed by atoms with Crippen LogP contribution in [0.2, 0.25) is 0 Å². The normalized spacial score (nSPS) is 17.5. The van der Waals surface area contributed by atoms with Crippen LogP contribution in [-0.4, -0.2) is 56.5 Å². The van der Waals surface area contributed by atoms with Gasteiger partial charge < -0.3 is 25.8 Å². The van der Waals surface area contributed by atoms with Crippen LogP contribution in [0.4, 0.5) is 18.9 Å². The lowest BCUT2D eigenvalue weighted by Gasteiger charge is -2.37. The quantitative estimate of drug-likeness (QED) is 0.464. The molecule has 0 radical (unpaired) electrons. The number of hydrazine groups is 1. The van der Waals surface area contributed by atoms with Gasteiger partial charge in [-0.25, -0.2) is 0 Å². The zero-order valence-electron chi connectivity index (χ0n) is 19.3. The lowest BCUT2D eigenvalue weighted by molar-refractivity contribution is -0.119. The SMILES string of the molecule is CNCCNCc1cccc(N2C(C(N)=O)C=C(C(F)(F)F)N2Cc2cccc3c2OCCO3)c1. The maximum Gasteiger partial charge on any atom is 0.432 e. The van der Waals surface area contributed by atoms with E-state index in [0.29, 0.717) is 42.5 Å². The van der Waals surface area contributed by atoms with Gasteiger partial charge in [0.2, 0.25) is 5.91 Å². The highest BCUT2D eigenvalue weighted by Crippen LogP contribution is 2.41. The molecular formula is C24H28F3N5O3. The fourth-order valence-corrected chi connectivity index (χ4v) is 4.15. The Morgan fingerprint density at radius 2 is 1.91 bits per heavy atom. The van der Waals surface area contributed by atoms with Crippen LogP contribution in [0.15, 0.2) is 54.2 Å². The van der Waals surface area contributed by atoms with Crippen LogP contribution in [0.5, 0.6) is 11.5 Å². The second-order valence-corrected chi connectivity index (χ2v) is 8.19. The van der Waals surface area contributed by atoms with Crippen LogP contribution in [-0.2, 0) is 17.9 Å². The zero-order chi connectivity index (χ0) is 25.0. The molecule has 1 amide bonds. The molecule has 4 rings (SSSR count). The van der Waals surface area contributed by atoms with Crippen molar-refractivity contribution in [3.05, 3.63) is 65.4 Å². The van der Waals surface area contributed by atoms with E-state index in [0.717, 1.165) is 29.7 Å². The molecule has 8 nitrogen and oxygen atoms in total. The third-order valence-electron chi connectivity index (χ3n) is 5.72. The van der Waals surface area contributed by atoms with Crippen LogP contribution < -0.4 is 30.8 Å². The van der Waals surface area contributed by atoms with Crippen LogP contribution >= 0.6 is 0 Å². The fourth-order valence-electron chi connectivity index (χ4n) is 4.15. The Morgan fingerprint density at radius 1 is 1.14 bits per heavy atom. The molecular weight excluding hydrogens is 463 g/mol. The molecule has 0 bridgehead atoms. The topological polar surface area (TPSA) is 92.1 Å². The molecule has 2 aliphatic heterocycles. The number of nitrogens with one attached hydrogen (secondary N) is 2. The molecule has 1 unspecified atom stereocenters. The predicted molar refractivity (Wildman–Crippen MR) is 125 cm³/mol. The van der Waals surface area contributed by atoms with Crippen molar-refractivity contribution in [1.29, 1.82) is 0 Å². The Morgan fingerprint density at radius 3 is 2.66 bits per heavy atom. The first kappa shape index (κ1) is 24.7. The molecule has 2 heterocycles. The van der Waals surface area contributed by atoms with Crippen molar-refractivity contribution in [3.8, 4) is 11.5 Å². The van der Waals surface area contributed by atoms with Gasteiger partial charge in [0.1, 0.15) is 25.0 Å². The molecule has 188 valence electrons. The largest absolute Gasteiger partial charge is 0.486 e. The molecule has 2 aromatic rings. The van der Waals surface area contributed by atoms with Gasteiger partial charge >= 0.3 is 6.18 Å². The monoisotopic (exact) mass is 491 g/mol. The number of fused-ring (bicyclic) bond motifs is 1. The van der Waals surface area contributed by atoms with Gasteiger partial charge in [-0.3, -0.25) is 14.8 Å². The van der Waals surface area contributed by atoms with E-state index in [9.17, 15) is 18.0 Å². The van der Waals surface area contributed by atoms with Crippen molar-refractivity contribution < 1.29 is 27.4 Å². The summed E-state index contributed by atoms with van der Waals surface area (Å²) in [5, 5.41) is 8.63. The standard InChI is InChI=1S/C24H28F3N5O3/c1-29-8-9-30-14-16-4-2-6-18(12-16)32-19(23(28)33)13-21(24(25,26)27)31(32)15-17-5-3-7-20-22(17)35-11-10-34-20/h2-7,12-13,19,29-30H,8-11,14-15H2,1H3,(H2,28,33). The van der Waals surface area contributed by atoms with E-state index in [1.807, 2.05) is 13.1 Å². The Bertz CT molecular complexity index is 1090. The van der Waals surface area contributed by atoms with Gasteiger partial charge in [0, 0.05) is 25.2 Å². The molecule has 35 heavy (non-hydrogen) atoms. The Hall–Kier alpha value is -3.44. The van der Waals surface area contributed by atoms with E-state index in [4.69, 9.17) is 15.2 Å². The van der Waals surface area contributed by atoms with Crippen LogP contribution in [0.25, 0.3) is 0 Å². The number of alkyl halides is 3. The Labute approximate surface area is 201 Å². The molecule has 11 heteroatoms. The van der Waals surface area contributed by atoms with Crippen molar-refractivity contribution in [1.82, 2.24) is 15.6 Å². The van der Waals surface area contributed by atoms with Crippen LogP contribution in [0.1, 0.15) is 11.1 Å². The van der Waals surface area contributed by atoms with E-state index in [2.05, 4.69) is 10.6 Å². The summed E-state index contributed by atoms with van der Waals surface area (Å²) in [5.74, 6) is -0.0233. The summed E-state index contributed by atoms with van der Waals surface area (Å²) >= 11 is 0. The first-order chi connectivity index (χ1) is 16.8. The molecule has 0 saturated heterocycles. The summed E-state index contributed by atoms with van der Waals surface area (Å²) in [4.78, 5) is 12.3. The smallest absolute Gasteiger partial charge is 0.432 e. The number of likely N-dealkylation sites (N-methyl/N-ethyl adjacent to an activating group) is 1. The van der Waals surface area contributed by atoms with E-state index in [-0.39, 0.29) is 6.54 Å². The van der Waals surface area contributed by atoms with Gasteiger partial charge in [-0.2, -0.15) is 13.2 Å². The Balaban J connectivity index is 1.70. The second-order valence-electron chi connectivity index (χ2n) is 8.19. The van der Waals surface area contributed by atoms with Crippen molar-refractivity contribution in [3.63, 3.8) is 0 Å². The number of para-hydroxylation sites is 1. The Kier molecular flexibility index (Phi) is 7.37. The number of hydrogen-bond donors (Lipinski definition) is 3. The minimum absolute atomic E-state index is 0.202. The number of allylic oxidation sites excluding steroid dienone is 1. The number of primary amides is 1. The van der Waals surface area contributed by atoms with Crippen molar-refractivity contribution in [2.45, 2.75) is 25.3 Å². The lowest BCUT2D eigenvalue weighted by Crippen LogP contribution is -2.49. The third-order valence-corrected chi connectivity index (χ3v) is 5.72. The predicted octanol–water partition coefficient (Wildman–Crippen LogP) is 2.30. The highest BCUT2D eigenvalue weighted by Gasteiger charge is 2.48. The number of hydrogen-bond acceptors (Lipinski definition) is 7. The molecule has 0 aromatic heterocycles. The van der Waals surface area contributed by atoms with Crippen LogP contribution in [0.3, 0.4) is 0 Å². The molecule has 0 aliphatic carbocycles. The van der Waals surface area contributed by atoms with Crippen molar-refractivity contribution in [2.24, 2.45) is 5.73 Å². The van der Waals surface area contributed by atoms with Gasteiger partial charge in [0.15, 0.2) is 11.5 Å². The van der Waals surface area contributed by atoms with Gasteiger partial charge in [0.25, 0.3) is 0 Å². The van der Waals surface area contributed by atoms with Gasteiger partial charge in [-0.1, -0.05) is 24.3 Å². The first-order valence-corrected chi connectivity index (χ1v) is 11.3. The number of nitrogens with two attached hydrogens (primary N) is 1. The summed E-state index contributed by atoms with van der Waals surface area (Å²) in [6.07, 6.45) is -3.84. The molecule has 2 aliphatic rings. The number of benzene rings is 2. The van der Waals surface area contributed by atoms with Gasteiger partial charge in [-0.05, 0) is 36.9 Å². The number of ether oxygens (including phenoxy) is 2. The van der Waals surface area contributed by atoms with Crippen molar-refractivity contribution in [2.75, 3.05) is 38.4 Å². The molecule has 0 saturated carbocycles. The molecule has 0 spiro atoms. The number of anilines is 1. The zero-order valence-corrected chi connectivity index (χ0v) is 19.3. The van der Waals surface area contributed by atoms with E-state index >= 15 is 0 Å². The van der Waals surface area contributed by atoms with E-state index < -0.39 is 23.8 Å². The molecule has 4 N–H and O–H groups in total. The summed E-state index contributed by atoms with van der Waals surface area (Å²) in [5.41, 5.74) is 6.37. The highest BCUT2D eigenvalue weighted by molar-refractivity contribution is 5.87. The third kappa shape index (κ3) is 5.46. The minimum atomic E-state index is -4.71. The second kappa shape index (κ2) is 10.4. The molecule has 0 fully saturated rings. The number of carbonyl (C=O) groups is 1. The average Bonchev–Trinajstić information content (AvgIpc) is 3.22. The summed E-state index contributed by atoms with van der Waals surface area (Å²) in [6, 6.07) is 10.8. The summed E-state index contributed by atoms with van der Waals surface area (Å²) in [7, 11) is 1.85. The fraction of sp³-hybridized carbons (Fsp3) is 0.375. The van der Waals surface area contributed by atoms with E-state index in [1.54, 1.807) is 36.4 Å². The molecule has 2 aromatic carbocycles. The van der Waals surface area contributed by atoms with Gasteiger partial charge in [-0.15, -0.1) is 0 Å². The number of nitrogens with zero attached hydrogens (tertiary/aromatic N) is 2. The molecule has 1 atom stereocenters.